The lowest BCUT2D eigenvalue weighted by atomic mass is 10.2. The summed E-state index contributed by atoms with van der Waals surface area (Å²) in [6, 6.07) is 1.23. The third-order valence-electron chi connectivity index (χ3n) is 3.60. The van der Waals surface area contributed by atoms with Crippen LogP contribution >= 0.6 is 0 Å². The van der Waals surface area contributed by atoms with Crippen LogP contribution in [0.25, 0.3) is 0 Å². The lowest BCUT2D eigenvalue weighted by Gasteiger charge is -2.25. The van der Waals surface area contributed by atoms with Gasteiger partial charge in [-0.3, -0.25) is 0 Å². The first-order chi connectivity index (χ1) is 10.2. The van der Waals surface area contributed by atoms with Crippen LogP contribution in [-0.2, 0) is 16.2 Å². The van der Waals surface area contributed by atoms with Crippen molar-refractivity contribution in [3.8, 4) is 0 Å². The van der Waals surface area contributed by atoms with Crippen LogP contribution in [-0.4, -0.2) is 38.9 Å². The Hall–Kier alpha value is -1.19. The predicted octanol–water partition coefficient (Wildman–Crippen LogP) is 2.22. The first kappa shape index (κ1) is 17.2. The number of sulfonamides is 1. The molecule has 9 heteroatoms. The van der Waals surface area contributed by atoms with Crippen molar-refractivity contribution >= 4 is 10.0 Å². The van der Waals surface area contributed by atoms with Gasteiger partial charge in [0, 0.05) is 19.1 Å². The second-order valence-corrected chi connectivity index (χ2v) is 6.97. The highest BCUT2D eigenvalue weighted by Gasteiger charge is 2.42. The number of nitrogens with one attached hydrogen (secondary N) is 1. The van der Waals surface area contributed by atoms with Gasteiger partial charge in [0.15, 0.2) is 0 Å². The minimum Gasteiger partial charge on any atom is -0.318 e. The number of hydrogen-bond donors (Lipinski definition) is 1. The molecule has 1 saturated heterocycles. The molecule has 22 heavy (non-hydrogen) atoms. The van der Waals surface area contributed by atoms with E-state index in [1.54, 1.807) is 7.05 Å². The van der Waals surface area contributed by atoms with Crippen molar-refractivity contribution in [2.24, 2.45) is 0 Å². The number of benzene rings is 1. The standard InChI is InChI=1S/C13H16F4N2O2S/c1-18-8-10-3-2-6-19(10)22(20,21)12-5-4-9(14)7-11(12)13(15,16)17/h4-5,7,10,18H,2-3,6,8H2,1H3. The van der Waals surface area contributed by atoms with E-state index < -0.39 is 38.5 Å². The van der Waals surface area contributed by atoms with Gasteiger partial charge in [-0.2, -0.15) is 17.5 Å². The minimum absolute atomic E-state index is 0.156. The lowest BCUT2D eigenvalue weighted by molar-refractivity contribution is -0.140. The number of rotatable bonds is 4. The van der Waals surface area contributed by atoms with E-state index in [4.69, 9.17) is 0 Å². The van der Waals surface area contributed by atoms with Gasteiger partial charge in [0.2, 0.25) is 10.0 Å². The molecule has 1 aromatic rings. The van der Waals surface area contributed by atoms with Crippen molar-refractivity contribution in [3.05, 3.63) is 29.6 Å². The third-order valence-corrected chi connectivity index (χ3v) is 5.61. The summed E-state index contributed by atoms with van der Waals surface area (Å²) >= 11 is 0. The molecule has 0 radical (unpaired) electrons. The molecular weight excluding hydrogens is 324 g/mol. The van der Waals surface area contributed by atoms with Crippen LogP contribution in [0.3, 0.4) is 0 Å². The molecule has 1 aromatic carbocycles. The molecule has 1 N–H and O–H groups in total. The van der Waals surface area contributed by atoms with E-state index in [0.29, 0.717) is 25.5 Å². The summed E-state index contributed by atoms with van der Waals surface area (Å²) in [4.78, 5) is -0.899. The SMILES string of the molecule is CNCC1CCCN1S(=O)(=O)c1ccc(F)cc1C(F)(F)F. The van der Waals surface area contributed by atoms with Gasteiger partial charge in [-0.25, -0.2) is 12.8 Å². The molecule has 1 aliphatic heterocycles. The van der Waals surface area contributed by atoms with Gasteiger partial charge in [-0.15, -0.1) is 0 Å². The molecular formula is C13H16F4N2O2S. The quantitative estimate of drug-likeness (QED) is 0.855. The molecule has 124 valence electrons. The Morgan fingerprint density at radius 1 is 1.36 bits per heavy atom. The van der Waals surface area contributed by atoms with E-state index in [0.717, 1.165) is 10.4 Å². The number of hydrogen-bond acceptors (Lipinski definition) is 3. The van der Waals surface area contributed by atoms with Crippen molar-refractivity contribution in [1.29, 1.82) is 0 Å². The largest absolute Gasteiger partial charge is 0.417 e. The topological polar surface area (TPSA) is 49.4 Å². The van der Waals surface area contributed by atoms with E-state index in [9.17, 15) is 26.0 Å². The molecule has 2 rings (SSSR count). The lowest BCUT2D eigenvalue weighted by Crippen LogP contribution is -2.41. The van der Waals surface area contributed by atoms with Gasteiger partial charge < -0.3 is 5.32 Å². The van der Waals surface area contributed by atoms with Crippen molar-refractivity contribution in [2.45, 2.75) is 30.0 Å². The van der Waals surface area contributed by atoms with E-state index in [-0.39, 0.29) is 12.6 Å². The molecule has 0 aromatic heterocycles. The highest BCUT2D eigenvalue weighted by Crippen LogP contribution is 2.37. The number of alkyl halides is 3. The monoisotopic (exact) mass is 340 g/mol. The smallest absolute Gasteiger partial charge is 0.318 e. The van der Waals surface area contributed by atoms with Crippen molar-refractivity contribution in [1.82, 2.24) is 9.62 Å². The fourth-order valence-electron chi connectivity index (χ4n) is 2.64. The van der Waals surface area contributed by atoms with Gasteiger partial charge >= 0.3 is 6.18 Å². The molecule has 0 aliphatic carbocycles. The fourth-order valence-corrected chi connectivity index (χ4v) is 4.53. The molecule has 0 amide bonds. The van der Waals surface area contributed by atoms with Gasteiger partial charge in [0.25, 0.3) is 0 Å². The van der Waals surface area contributed by atoms with Crippen LogP contribution < -0.4 is 5.32 Å². The van der Waals surface area contributed by atoms with Crippen molar-refractivity contribution < 1.29 is 26.0 Å². The molecule has 1 fully saturated rings. The summed E-state index contributed by atoms with van der Waals surface area (Å²) in [5, 5.41) is 2.83. The Morgan fingerprint density at radius 3 is 2.64 bits per heavy atom. The second kappa shape index (κ2) is 6.13. The maximum Gasteiger partial charge on any atom is 0.417 e. The van der Waals surface area contributed by atoms with Crippen LogP contribution in [0.1, 0.15) is 18.4 Å². The van der Waals surface area contributed by atoms with Crippen LogP contribution in [0.4, 0.5) is 17.6 Å². The Morgan fingerprint density at radius 2 is 2.05 bits per heavy atom. The van der Waals surface area contributed by atoms with Gasteiger partial charge in [0.1, 0.15) is 5.82 Å². The van der Waals surface area contributed by atoms with Crippen LogP contribution in [0.2, 0.25) is 0 Å². The van der Waals surface area contributed by atoms with Crippen molar-refractivity contribution in [2.75, 3.05) is 20.1 Å². The average Bonchev–Trinajstić information content (AvgIpc) is 2.87. The number of likely N-dealkylation sites (N-methyl/N-ethyl adjacent to an activating group) is 1. The first-order valence-corrected chi connectivity index (χ1v) is 8.15. The van der Waals surface area contributed by atoms with Crippen LogP contribution in [0.15, 0.2) is 23.1 Å². The minimum atomic E-state index is -4.94. The van der Waals surface area contributed by atoms with E-state index >= 15 is 0 Å². The zero-order valence-corrected chi connectivity index (χ0v) is 12.6. The number of nitrogens with zero attached hydrogens (tertiary/aromatic N) is 1. The summed E-state index contributed by atoms with van der Waals surface area (Å²) < 4.78 is 78.4. The number of halogens is 4. The van der Waals surface area contributed by atoms with Gasteiger partial charge in [0.05, 0.1) is 10.5 Å². The molecule has 0 saturated carbocycles. The molecule has 1 unspecified atom stereocenters. The zero-order chi connectivity index (χ0) is 16.5. The molecule has 0 bridgehead atoms. The Balaban J connectivity index is 2.50. The highest BCUT2D eigenvalue weighted by molar-refractivity contribution is 7.89. The third kappa shape index (κ3) is 3.26. The second-order valence-electron chi connectivity index (χ2n) is 5.11. The normalized spacial score (nSPS) is 20.5. The maximum atomic E-state index is 13.1. The average molecular weight is 340 g/mol. The summed E-state index contributed by atoms with van der Waals surface area (Å²) in [6.45, 7) is 0.505. The van der Waals surface area contributed by atoms with E-state index in [2.05, 4.69) is 5.32 Å². The summed E-state index contributed by atoms with van der Waals surface area (Å²) in [5.41, 5.74) is -1.47. The highest BCUT2D eigenvalue weighted by atomic mass is 32.2. The van der Waals surface area contributed by atoms with Crippen LogP contribution in [0.5, 0.6) is 0 Å². The molecule has 0 spiro atoms. The summed E-state index contributed by atoms with van der Waals surface area (Å²) in [5.74, 6) is -1.13. The van der Waals surface area contributed by atoms with E-state index in [1.807, 2.05) is 0 Å². The maximum absolute atomic E-state index is 13.1. The molecule has 4 nitrogen and oxygen atoms in total. The Labute approximate surface area is 126 Å². The molecule has 1 atom stereocenters. The fraction of sp³-hybridized carbons (Fsp3) is 0.538. The first-order valence-electron chi connectivity index (χ1n) is 6.71. The summed E-state index contributed by atoms with van der Waals surface area (Å²) in [7, 11) is -2.69. The molecule has 1 aliphatic rings. The predicted molar refractivity (Wildman–Crippen MR) is 72.2 cm³/mol. The summed E-state index contributed by atoms with van der Waals surface area (Å²) in [6.07, 6.45) is -3.79. The van der Waals surface area contributed by atoms with Crippen LogP contribution in [0, 0.1) is 5.82 Å². The van der Waals surface area contributed by atoms with E-state index in [1.165, 1.54) is 0 Å². The Bertz CT molecular complexity index is 646. The molecule has 1 heterocycles. The van der Waals surface area contributed by atoms with Crippen molar-refractivity contribution in [3.63, 3.8) is 0 Å². The van der Waals surface area contributed by atoms with Gasteiger partial charge in [-0.1, -0.05) is 0 Å². The Kier molecular flexibility index (Phi) is 4.78. The zero-order valence-electron chi connectivity index (χ0n) is 11.8. The van der Waals surface area contributed by atoms with Gasteiger partial charge in [-0.05, 0) is 38.1 Å².